The molecule has 0 aliphatic rings. The molecule has 0 atom stereocenters. The summed E-state index contributed by atoms with van der Waals surface area (Å²) in [4.78, 5) is 0. The standard InChI is InChI=1S/C11H14Cl/c1-4-9-5-6-10(8(2)3)7-11(9)12/h5-7H,4H2,1-3H3. The summed E-state index contributed by atoms with van der Waals surface area (Å²) in [7, 11) is 0. The van der Waals surface area contributed by atoms with E-state index in [0.29, 0.717) is 0 Å². The van der Waals surface area contributed by atoms with Crippen LogP contribution < -0.4 is 0 Å². The average Bonchev–Trinajstić information content (AvgIpc) is 2.04. The molecule has 0 heterocycles. The highest BCUT2D eigenvalue weighted by Gasteiger charge is 2.02. The largest absolute Gasteiger partial charge is 0.0840 e. The molecule has 0 bridgehead atoms. The maximum Gasteiger partial charge on any atom is 0.0440 e. The molecular formula is C11H14Cl. The predicted molar refractivity (Wildman–Crippen MR) is 54.5 cm³/mol. The number of aryl methyl sites for hydroxylation is 1. The van der Waals surface area contributed by atoms with Crippen LogP contribution in [0.5, 0.6) is 0 Å². The summed E-state index contributed by atoms with van der Waals surface area (Å²) in [6.45, 7) is 6.30. The van der Waals surface area contributed by atoms with Crippen molar-refractivity contribution in [2.24, 2.45) is 0 Å². The second-order valence-electron chi connectivity index (χ2n) is 3.16. The van der Waals surface area contributed by atoms with Crippen LogP contribution in [0.3, 0.4) is 0 Å². The van der Waals surface area contributed by atoms with Crippen LogP contribution in [0.4, 0.5) is 0 Å². The van der Waals surface area contributed by atoms with Gasteiger partial charge < -0.3 is 0 Å². The predicted octanol–water partition coefficient (Wildman–Crippen LogP) is 3.86. The fourth-order valence-electron chi connectivity index (χ4n) is 1.15. The quantitative estimate of drug-likeness (QED) is 0.650. The van der Waals surface area contributed by atoms with Crippen molar-refractivity contribution in [1.82, 2.24) is 0 Å². The third-order valence-electron chi connectivity index (χ3n) is 2.01. The molecule has 1 heteroatoms. The SMILES string of the molecule is CCc1ccc([C](C)C)cc1Cl. The number of halogens is 1. The van der Waals surface area contributed by atoms with Gasteiger partial charge >= 0.3 is 0 Å². The molecule has 1 aromatic carbocycles. The van der Waals surface area contributed by atoms with Crippen LogP contribution in [0.1, 0.15) is 31.9 Å². The lowest BCUT2D eigenvalue weighted by Crippen LogP contribution is -1.90. The van der Waals surface area contributed by atoms with E-state index in [9.17, 15) is 0 Å². The molecule has 0 amide bonds. The first-order chi connectivity index (χ1) is 5.65. The second-order valence-corrected chi connectivity index (χ2v) is 3.57. The number of benzene rings is 1. The van der Waals surface area contributed by atoms with Gasteiger partial charge in [0.05, 0.1) is 0 Å². The summed E-state index contributed by atoms with van der Waals surface area (Å²) < 4.78 is 0. The lowest BCUT2D eigenvalue weighted by molar-refractivity contribution is 1.11. The van der Waals surface area contributed by atoms with Gasteiger partial charge in [0.1, 0.15) is 0 Å². The molecule has 0 aliphatic carbocycles. The molecule has 0 fully saturated rings. The van der Waals surface area contributed by atoms with Crippen LogP contribution in [0.15, 0.2) is 18.2 Å². The minimum absolute atomic E-state index is 0.885. The van der Waals surface area contributed by atoms with Gasteiger partial charge in [-0.2, -0.15) is 0 Å². The third-order valence-corrected chi connectivity index (χ3v) is 2.36. The molecule has 0 aromatic heterocycles. The summed E-state index contributed by atoms with van der Waals surface area (Å²) in [6.07, 6.45) is 1.00. The minimum atomic E-state index is 0.885. The van der Waals surface area contributed by atoms with E-state index in [1.54, 1.807) is 0 Å². The molecular weight excluding hydrogens is 168 g/mol. The summed E-state index contributed by atoms with van der Waals surface area (Å²) in [5.74, 6) is 1.31. The first kappa shape index (κ1) is 9.60. The molecule has 0 saturated heterocycles. The van der Waals surface area contributed by atoms with Crippen LogP contribution in [0.2, 0.25) is 5.02 Å². The van der Waals surface area contributed by atoms with Crippen molar-refractivity contribution >= 4 is 11.6 Å². The Kier molecular flexibility index (Phi) is 3.16. The van der Waals surface area contributed by atoms with Crippen molar-refractivity contribution in [3.8, 4) is 0 Å². The van der Waals surface area contributed by atoms with Gasteiger partial charge in [-0.05, 0) is 29.5 Å². The van der Waals surface area contributed by atoms with E-state index in [2.05, 4.69) is 32.9 Å². The first-order valence-electron chi connectivity index (χ1n) is 4.24. The molecule has 0 spiro atoms. The topological polar surface area (TPSA) is 0 Å². The highest BCUT2D eigenvalue weighted by molar-refractivity contribution is 6.31. The Morgan fingerprint density at radius 2 is 2.00 bits per heavy atom. The van der Waals surface area contributed by atoms with E-state index in [0.717, 1.165) is 11.4 Å². The van der Waals surface area contributed by atoms with E-state index in [1.807, 2.05) is 6.07 Å². The molecule has 1 aromatic rings. The van der Waals surface area contributed by atoms with Crippen molar-refractivity contribution in [2.75, 3.05) is 0 Å². The second kappa shape index (κ2) is 3.95. The van der Waals surface area contributed by atoms with Crippen molar-refractivity contribution in [2.45, 2.75) is 27.2 Å². The zero-order valence-corrected chi connectivity index (χ0v) is 8.57. The van der Waals surface area contributed by atoms with Gasteiger partial charge in [0, 0.05) is 5.02 Å². The summed E-state index contributed by atoms with van der Waals surface area (Å²) in [5.41, 5.74) is 2.46. The van der Waals surface area contributed by atoms with Gasteiger partial charge in [-0.25, -0.2) is 0 Å². The molecule has 0 nitrogen and oxygen atoms in total. The van der Waals surface area contributed by atoms with Gasteiger partial charge in [0.25, 0.3) is 0 Å². The summed E-state index contributed by atoms with van der Waals surface area (Å²) >= 11 is 6.06. The lowest BCUT2D eigenvalue weighted by atomic mass is 10.0. The van der Waals surface area contributed by atoms with E-state index < -0.39 is 0 Å². The lowest BCUT2D eigenvalue weighted by Gasteiger charge is -2.07. The molecule has 1 rings (SSSR count). The molecule has 65 valence electrons. The van der Waals surface area contributed by atoms with E-state index in [4.69, 9.17) is 11.6 Å². The maximum atomic E-state index is 6.06. The highest BCUT2D eigenvalue weighted by atomic mass is 35.5. The number of rotatable bonds is 2. The average molecular weight is 182 g/mol. The fraction of sp³-hybridized carbons (Fsp3) is 0.364. The van der Waals surface area contributed by atoms with Crippen molar-refractivity contribution in [1.29, 1.82) is 0 Å². The van der Waals surface area contributed by atoms with E-state index >= 15 is 0 Å². The Bertz CT molecular complexity index is 264. The van der Waals surface area contributed by atoms with Gasteiger partial charge in [0.15, 0.2) is 0 Å². The van der Waals surface area contributed by atoms with E-state index in [1.165, 1.54) is 17.0 Å². The van der Waals surface area contributed by atoms with Gasteiger partial charge in [0.2, 0.25) is 0 Å². The number of hydrogen-bond acceptors (Lipinski definition) is 0. The van der Waals surface area contributed by atoms with Crippen LogP contribution in [0.25, 0.3) is 0 Å². The third kappa shape index (κ3) is 2.01. The van der Waals surface area contributed by atoms with E-state index in [-0.39, 0.29) is 0 Å². The molecule has 1 radical (unpaired) electrons. The van der Waals surface area contributed by atoms with Gasteiger partial charge in [-0.15, -0.1) is 0 Å². The zero-order chi connectivity index (χ0) is 9.14. The molecule has 0 unspecified atom stereocenters. The fourth-order valence-corrected chi connectivity index (χ4v) is 1.46. The molecule has 0 N–H and O–H groups in total. The zero-order valence-electron chi connectivity index (χ0n) is 7.82. The Balaban J connectivity index is 3.02. The van der Waals surface area contributed by atoms with Gasteiger partial charge in [-0.1, -0.05) is 44.5 Å². The molecule has 0 aliphatic heterocycles. The van der Waals surface area contributed by atoms with Crippen molar-refractivity contribution in [3.05, 3.63) is 40.3 Å². The number of hydrogen-bond donors (Lipinski definition) is 0. The smallest absolute Gasteiger partial charge is 0.0440 e. The van der Waals surface area contributed by atoms with Crippen LogP contribution in [0, 0.1) is 5.92 Å². The normalized spacial score (nSPS) is 10.8. The van der Waals surface area contributed by atoms with Crippen LogP contribution >= 0.6 is 11.6 Å². The minimum Gasteiger partial charge on any atom is -0.0840 e. The monoisotopic (exact) mass is 181 g/mol. The van der Waals surface area contributed by atoms with Crippen molar-refractivity contribution in [3.63, 3.8) is 0 Å². The highest BCUT2D eigenvalue weighted by Crippen LogP contribution is 2.22. The summed E-state index contributed by atoms with van der Waals surface area (Å²) in [6, 6.07) is 6.26. The molecule has 12 heavy (non-hydrogen) atoms. The van der Waals surface area contributed by atoms with Gasteiger partial charge in [-0.3, -0.25) is 0 Å². The van der Waals surface area contributed by atoms with Crippen LogP contribution in [-0.2, 0) is 6.42 Å². The summed E-state index contributed by atoms with van der Waals surface area (Å²) in [5, 5.41) is 0.885. The Hall–Kier alpha value is -0.490. The molecule has 0 saturated carbocycles. The van der Waals surface area contributed by atoms with Crippen LogP contribution in [-0.4, -0.2) is 0 Å². The first-order valence-corrected chi connectivity index (χ1v) is 4.62. The maximum absolute atomic E-state index is 6.06. The Labute approximate surface area is 79.6 Å². The Morgan fingerprint density at radius 1 is 1.33 bits per heavy atom. The Morgan fingerprint density at radius 3 is 2.42 bits per heavy atom. The van der Waals surface area contributed by atoms with Crippen molar-refractivity contribution < 1.29 is 0 Å².